The maximum atomic E-state index is 12.0. The first-order valence-corrected chi connectivity index (χ1v) is 7.52. The summed E-state index contributed by atoms with van der Waals surface area (Å²) in [6, 6.07) is 9.59. The molecule has 0 fully saturated rings. The summed E-state index contributed by atoms with van der Waals surface area (Å²) in [6.07, 6.45) is 1.45. The molecule has 24 heavy (non-hydrogen) atoms. The molecule has 0 amide bonds. The van der Waals surface area contributed by atoms with Crippen molar-refractivity contribution in [1.82, 2.24) is 20.2 Å². The van der Waals surface area contributed by atoms with Gasteiger partial charge in [-0.05, 0) is 24.6 Å². The maximum absolute atomic E-state index is 12.0. The molecule has 8 nitrogen and oxygen atoms in total. The molecular weight excluding hydrogens is 312 g/mol. The van der Waals surface area contributed by atoms with E-state index in [-0.39, 0.29) is 18.9 Å². The normalized spacial score (nSPS) is 11.2. The molecule has 1 heterocycles. The standard InChI is InChI=1S/C16H18N4O4/c1-3-23-15(21)11-13(16(22)24-4-2)20-18-14(17-19-20)10-12-8-6-5-7-9-12/h5-9,11H,3-4,10H2,1-2H3/b13-11-. The van der Waals surface area contributed by atoms with Crippen LogP contribution in [0.1, 0.15) is 25.2 Å². The fourth-order valence-corrected chi connectivity index (χ4v) is 1.89. The monoisotopic (exact) mass is 330 g/mol. The Labute approximate surface area is 139 Å². The van der Waals surface area contributed by atoms with Crippen LogP contribution in [0.4, 0.5) is 0 Å². The van der Waals surface area contributed by atoms with Crippen LogP contribution in [0.15, 0.2) is 36.4 Å². The second kappa shape index (κ2) is 8.56. The minimum atomic E-state index is -0.728. The number of tetrazole rings is 1. The van der Waals surface area contributed by atoms with Gasteiger partial charge >= 0.3 is 11.9 Å². The van der Waals surface area contributed by atoms with E-state index in [1.807, 2.05) is 30.3 Å². The van der Waals surface area contributed by atoms with Crippen molar-refractivity contribution in [3.8, 4) is 0 Å². The van der Waals surface area contributed by atoms with Gasteiger partial charge in [0.25, 0.3) is 0 Å². The third-order valence-corrected chi connectivity index (χ3v) is 2.90. The van der Waals surface area contributed by atoms with Crippen molar-refractivity contribution in [2.24, 2.45) is 0 Å². The molecule has 0 aliphatic carbocycles. The average molecular weight is 330 g/mol. The van der Waals surface area contributed by atoms with E-state index >= 15 is 0 Å². The molecule has 2 rings (SSSR count). The molecule has 0 aliphatic heterocycles. The summed E-state index contributed by atoms with van der Waals surface area (Å²) in [6.45, 7) is 3.68. The Morgan fingerprint density at radius 1 is 1.12 bits per heavy atom. The first-order chi connectivity index (χ1) is 11.6. The Kier molecular flexibility index (Phi) is 6.18. The van der Waals surface area contributed by atoms with Gasteiger partial charge in [0.15, 0.2) is 11.5 Å². The van der Waals surface area contributed by atoms with Crippen LogP contribution in [0.3, 0.4) is 0 Å². The molecule has 0 saturated carbocycles. The summed E-state index contributed by atoms with van der Waals surface area (Å²) >= 11 is 0. The average Bonchev–Trinajstić information content (AvgIpc) is 3.02. The van der Waals surface area contributed by atoms with E-state index in [4.69, 9.17) is 9.47 Å². The van der Waals surface area contributed by atoms with Gasteiger partial charge in [0.2, 0.25) is 0 Å². The van der Waals surface area contributed by atoms with Crippen LogP contribution in [-0.4, -0.2) is 45.4 Å². The Morgan fingerprint density at radius 3 is 2.50 bits per heavy atom. The van der Waals surface area contributed by atoms with Crippen molar-refractivity contribution in [2.75, 3.05) is 13.2 Å². The SMILES string of the molecule is CCOC(=O)/C=C(/C(=O)OCC)n1nnc(Cc2ccccc2)n1. The lowest BCUT2D eigenvalue weighted by molar-refractivity contribution is -0.139. The summed E-state index contributed by atoms with van der Waals surface area (Å²) < 4.78 is 9.73. The number of hydrogen-bond donors (Lipinski definition) is 0. The molecule has 0 atom stereocenters. The van der Waals surface area contributed by atoms with E-state index in [1.165, 1.54) is 0 Å². The first kappa shape index (κ1) is 17.3. The van der Waals surface area contributed by atoms with Crippen LogP contribution in [-0.2, 0) is 25.5 Å². The topological polar surface area (TPSA) is 96.2 Å². The molecule has 2 aromatic rings. The maximum Gasteiger partial charge on any atom is 0.359 e. The third-order valence-electron chi connectivity index (χ3n) is 2.90. The van der Waals surface area contributed by atoms with Crippen molar-refractivity contribution in [1.29, 1.82) is 0 Å². The predicted octanol–water partition coefficient (Wildman–Crippen LogP) is 1.23. The fourth-order valence-electron chi connectivity index (χ4n) is 1.89. The second-order valence-corrected chi connectivity index (χ2v) is 4.66. The van der Waals surface area contributed by atoms with E-state index in [9.17, 15) is 9.59 Å². The molecule has 1 aromatic carbocycles. The number of carbonyl (C=O) groups is 2. The Bertz CT molecular complexity index is 725. The van der Waals surface area contributed by atoms with Crippen LogP contribution < -0.4 is 0 Å². The number of ether oxygens (including phenoxy) is 2. The number of nitrogens with zero attached hydrogens (tertiary/aromatic N) is 4. The lowest BCUT2D eigenvalue weighted by atomic mass is 10.1. The van der Waals surface area contributed by atoms with Crippen LogP contribution in [0.5, 0.6) is 0 Å². The molecule has 8 heteroatoms. The van der Waals surface area contributed by atoms with E-state index in [2.05, 4.69) is 15.4 Å². The van der Waals surface area contributed by atoms with E-state index in [0.29, 0.717) is 12.2 Å². The van der Waals surface area contributed by atoms with E-state index in [1.54, 1.807) is 13.8 Å². The third kappa shape index (κ3) is 4.73. The van der Waals surface area contributed by atoms with Gasteiger partial charge in [0.05, 0.1) is 19.3 Å². The largest absolute Gasteiger partial charge is 0.463 e. The smallest absolute Gasteiger partial charge is 0.359 e. The van der Waals surface area contributed by atoms with E-state index < -0.39 is 11.9 Å². The Hall–Kier alpha value is -3.03. The lowest BCUT2D eigenvalue weighted by Gasteiger charge is -2.04. The highest BCUT2D eigenvalue weighted by atomic mass is 16.5. The van der Waals surface area contributed by atoms with Gasteiger partial charge in [-0.2, -0.15) is 0 Å². The lowest BCUT2D eigenvalue weighted by Crippen LogP contribution is -2.17. The summed E-state index contributed by atoms with van der Waals surface area (Å²) in [5.74, 6) is -0.989. The highest BCUT2D eigenvalue weighted by Crippen LogP contribution is 2.08. The molecule has 1 aromatic heterocycles. The van der Waals surface area contributed by atoms with Crippen molar-refractivity contribution in [3.05, 3.63) is 47.8 Å². The molecule has 0 aliphatic rings. The number of rotatable bonds is 7. The fraction of sp³-hybridized carbons (Fsp3) is 0.312. The van der Waals surface area contributed by atoms with Crippen LogP contribution in [0, 0.1) is 0 Å². The minimum Gasteiger partial charge on any atom is -0.463 e. The number of aromatic nitrogens is 4. The Morgan fingerprint density at radius 2 is 1.83 bits per heavy atom. The van der Waals surface area contributed by atoms with Gasteiger partial charge in [0.1, 0.15) is 0 Å². The van der Waals surface area contributed by atoms with Crippen molar-refractivity contribution in [3.63, 3.8) is 0 Å². The highest BCUT2D eigenvalue weighted by molar-refractivity contribution is 6.14. The summed E-state index contributed by atoms with van der Waals surface area (Å²) in [4.78, 5) is 24.6. The molecule has 0 spiro atoms. The van der Waals surface area contributed by atoms with Crippen molar-refractivity contribution < 1.29 is 19.1 Å². The van der Waals surface area contributed by atoms with Crippen LogP contribution >= 0.6 is 0 Å². The zero-order valence-corrected chi connectivity index (χ0v) is 13.5. The van der Waals surface area contributed by atoms with Crippen molar-refractivity contribution in [2.45, 2.75) is 20.3 Å². The molecule has 126 valence electrons. The summed E-state index contributed by atoms with van der Waals surface area (Å²) in [5.41, 5.74) is 0.853. The number of benzene rings is 1. The van der Waals surface area contributed by atoms with Gasteiger partial charge in [-0.25, -0.2) is 9.59 Å². The molecule has 0 radical (unpaired) electrons. The van der Waals surface area contributed by atoms with Crippen LogP contribution in [0.2, 0.25) is 0 Å². The quantitative estimate of drug-likeness (QED) is 0.556. The van der Waals surface area contributed by atoms with Gasteiger partial charge in [-0.3, -0.25) is 0 Å². The zero-order chi connectivity index (χ0) is 17.4. The second-order valence-electron chi connectivity index (χ2n) is 4.66. The van der Waals surface area contributed by atoms with Crippen molar-refractivity contribution >= 4 is 17.6 Å². The predicted molar refractivity (Wildman–Crippen MR) is 84.6 cm³/mol. The Balaban J connectivity index is 2.23. The van der Waals surface area contributed by atoms with Gasteiger partial charge in [0, 0.05) is 6.42 Å². The van der Waals surface area contributed by atoms with Gasteiger partial charge in [-0.15, -0.1) is 15.0 Å². The number of carbonyl (C=O) groups excluding carboxylic acids is 2. The molecule has 0 N–H and O–H groups in total. The summed E-state index contributed by atoms with van der Waals surface area (Å²) in [5, 5.41) is 11.9. The first-order valence-electron chi connectivity index (χ1n) is 7.52. The molecular formula is C16H18N4O4. The number of hydrogen-bond acceptors (Lipinski definition) is 7. The van der Waals surface area contributed by atoms with Gasteiger partial charge in [-0.1, -0.05) is 30.3 Å². The van der Waals surface area contributed by atoms with E-state index in [0.717, 1.165) is 16.4 Å². The summed E-state index contributed by atoms with van der Waals surface area (Å²) in [7, 11) is 0. The molecule has 0 unspecified atom stereocenters. The van der Waals surface area contributed by atoms with Crippen LogP contribution in [0.25, 0.3) is 5.70 Å². The van der Waals surface area contributed by atoms with Gasteiger partial charge < -0.3 is 9.47 Å². The minimum absolute atomic E-state index is 0.151. The molecule has 0 bridgehead atoms. The highest BCUT2D eigenvalue weighted by Gasteiger charge is 2.19. The number of esters is 2. The molecule has 0 saturated heterocycles. The zero-order valence-electron chi connectivity index (χ0n) is 13.5.